The van der Waals surface area contributed by atoms with E-state index in [9.17, 15) is 0 Å². The molecule has 1 aromatic heterocycles. The van der Waals surface area contributed by atoms with E-state index in [1.54, 1.807) is 0 Å². The highest BCUT2D eigenvalue weighted by Gasteiger charge is 2.10. The summed E-state index contributed by atoms with van der Waals surface area (Å²) in [6, 6.07) is 19.6. The van der Waals surface area contributed by atoms with Crippen molar-refractivity contribution in [2.24, 2.45) is 0 Å². The van der Waals surface area contributed by atoms with Gasteiger partial charge < -0.3 is 0 Å². The van der Waals surface area contributed by atoms with Gasteiger partial charge in [0.05, 0.1) is 11.4 Å². The van der Waals surface area contributed by atoms with E-state index in [0.717, 1.165) is 11.4 Å². The quantitative estimate of drug-likeness (QED) is 0.734. The van der Waals surface area contributed by atoms with E-state index in [1.165, 1.54) is 6.33 Å². The van der Waals surface area contributed by atoms with E-state index in [1.807, 2.05) is 65.7 Å². The lowest BCUT2D eigenvalue weighted by Gasteiger charge is -2.24. The average molecular weight is 312 g/mol. The number of rotatable bonds is 5. The summed E-state index contributed by atoms with van der Waals surface area (Å²) in [4.78, 5) is 11.6. The Balaban J connectivity index is 1.83. The highest BCUT2D eigenvalue weighted by molar-refractivity contribution is 6.28. The minimum absolute atomic E-state index is 0.0986. The zero-order valence-electron chi connectivity index (χ0n) is 11.5. The second-order valence-corrected chi connectivity index (χ2v) is 4.61. The van der Waals surface area contributed by atoms with Crippen LogP contribution in [0.3, 0.4) is 0 Å². The molecule has 0 saturated heterocycles. The predicted octanol–water partition coefficient (Wildman–Crippen LogP) is 3.02. The van der Waals surface area contributed by atoms with Crippen molar-refractivity contribution < 1.29 is 0 Å². The van der Waals surface area contributed by atoms with Gasteiger partial charge in [0, 0.05) is 0 Å². The van der Waals surface area contributed by atoms with Crippen LogP contribution in [0.5, 0.6) is 0 Å². The minimum atomic E-state index is 0.0986. The zero-order chi connectivity index (χ0) is 15.2. The lowest BCUT2D eigenvalue weighted by molar-refractivity contribution is 0.611. The van der Waals surface area contributed by atoms with Crippen LogP contribution in [-0.2, 0) is 0 Å². The Bertz CT molecular complexity index is 683. The normalized spacial score (nSPS) is 10.2. The molecule has 0 saturated carbocycles. The number of hydrazine groups is 1. The minimum Gasteiger partial charge on any atom is -0.257 e. The van der Waals surface area contributed by atoms with Gasteiger partial charge in [-0.25, -0.2) is 4.98 Å². The van der Waals surface area contributed by atoms with Crippen molar-refractivity contribution in [2.45, 2.75) is 0 Å². The lowest BCUT2D eigenvalue weighted by atomic mass is 10.2. The fourth-order valence-electron chi connectivity index (χ4n) is 1.84. The van der Waals surface area contributed by atoms with Crippen LogP contribution in [0.15, 0.2) is 67.0 Å². The van der Waals surface area contributed by atoms with Crippen molar-refractivity contribution in [1.29, 1.82) is 0 Å². The first kappa shape index (κ1) is 14.2. The summed E-state index contributed by atoms with van der Waals surface area (Å²) >= 11 is 5.73. The number of benzene rings is 2. The average Bonchev–Trinajstić information content (AvgIpc) is 2.57. The van der Waals surface area contributed by atoms with E-state index < -0.39 is 0 Å². The van der Waals surface area contributed by atoms with Gasteiger partial charge in [0.15, 0.2) is 0 Å². The third kappa shape index (κ3) is 3.49. The van der Waals surface area contributed by atoms with Gasteiger partial charge in [-0.1, -0.05) is 36.4 Å². The summed E-state index contributed by atoms with van der Waals surface area (Å²) in [5.41, 5.74) is 8.95. The van der Waals surface area contributed by atoms with Crippen molar-refractivity contribution in [3.05, 3.63) is 72.3 Å². The van der Waals surface area contributed by atoms with Crippen LogP contribution in [0.2, 0.25) is 5.28 Å². The summed E-state index contributed by atoms with van der Waals surface area (Å²) in [6.07, 6.45) is 1.31. The molecule has 0 unspecified atom stereocenters. The molecule has 2 aromatic carbocycles. The summed E-state index contributed by atoms with van der Waals surface area (Å²) in [6.45, 7) is 0. The van der Waals surface area contributed by atoms with Crippen LogP contribution < -0.4 is 16.0 Å². The number of aromatic nitrogens is 3. The monoisotopic (exact) mass is 311 g/mol. The summed E-state index contributed by atoms with van der Waals surface area (Å²) < 4.78 is 0. The molecule has 3 aromatic rings. The van der Waals surface area contributed by atoms with Gasteiger partial charge in [0.1, 0.15) is 6.33 Å². The van der Waals surface area contributed by atoms with Gasteiger partial charge in [0.25, 0.3) is 5.95 Å². The Morgan fingerprint density at radius 3 is 2.00 bits per heavy atom. The molecule has 1 heterocycles. The number of hydrogen-bond acceptors (Lipinski definition) is 5. The van der Waals surface area contributed by atoms with Crippen LogP contribution in [-0.4, -0.2) is 15.0 Å². The molecular formula is C15H12ClN6. The van der Waals surface area contributed by atoms with E-state index >= 15 is 0 Å². The van der Waals surface area contributed by atoms with Crippen LogP contribution in [0.4, 0.5) is 17.3 Å². The topological polar surface area (TPSA) is 68.0 Å². The van der Waals surface area contributed by atoms with Gasteiger partial charge in [-0.2, -0.15) is 9.97 Å². The second kappa shape index (κ2) is 6.84. The van der Waals surface area contributed by atoms with E-state index in [4.69, 9.17) is 11.6 Å². The molecule has 0 aliphatic heterocycles. The molecule has 0 atom stereocenters. The van der Waals surface area contributed by atoms with Gasteiger partial charge in [-0.3, -0.25) is 5.01 Å². The van der Waals surface area contributed by atoms with Gasteiger partial charge in [0.2, 0.25) is 5.28 Å². The molecule has 0 fully saturated rings. The van der Waals surface area contributed by atoms with Gasteiger partial charge >= 0.3 is 0 Å². The largest absolute Gasteiger partial charge is 0.267 e. The Labute approximate surface area is 132 Å². The second-order valence-electron chi connectivity index (χ2n) is 4.27. The summed E-state index contributed by atoms with van der Waals surface area (Å²) in [5, 5.41) is 1.92. The molecule has 6 nitrogen and oxygen atoms in total. The molecule has 109 valence electrons. The molecule has 22 heavy (non-hydrogen) atoms. The maximum atomic E-state index is 5.73. The van der Waals surface area contributed by atoms with Gasteiger partial charge in [-0.15, -0.1) is 11.0 Å². The number of nitrogens with zero attached hydrogens (tertiary/aromatic N) is 5. The number of halogens is 1. The predicted molar refractivity (Wildman–Crippen MR) is 84.8 cm³/mol. The highest BCUT2D eigenvalue weighted by Crippen LogP contribution is 2.22. The first-order valence-corrected chi connectivity index (χ1v) is 6.92. The first-order valence-electron chi connectivity index (χ1n) is 6.54. The molecule has 0 amide bonds. The van der Waals surface area contributed by atoms with Crippen LogP contribution in [0, 0.1) is 0 Å². The molecule has 0 aliphatic carbocycles. The lowest BCUT2D eigenvalue weighted by Crippen LogP contribution is -2.38. The molecule has 0 aliphatic rings. The fourth-order valence-corrected chi connectivity index (χ4v) is 1.95. The standard InChI is InChI=1S/C15H12ClN6/c16-14-17-11-18-15(19-14)20-21-22(12-7-3-1-4-8-12)13-9-5-2-6-10-13/h1-11,21H. The van der Waals surface area contributed by atoms with E-state index in [0.29, 0.717) is 0 Å². The van der Waals surface area contributed by atoms with Crippen molar-refractivity contribution in [1.82, 2.24) is 25.9 Å². The maximum absolute atomic E-state index is 5.73. The van der Waals surface area contributed by atoms with Crippen molar-refractivity contribution in [2.75, 3.05) is 5.01 Å². The first-order chi connectivity index (χ1) is 10.8. The SMILES string of the molecule is Clc1ncnc([N]NN(c2ccccc2)c2ccccc2)n1. The number of nitrogens with one attached hydrogen (secondary N) is 1. The number of anilines is 2. The van der Waals surface area contributed by atoms with E-state index in [-0.39, 0.29) is 11.2 Å². The van der Waals surface area contributed by atoms with Crippen molar-refractivity contribution in [3.8, 4) is 0 Å². The van der Waals surface area contributed by atoms with Gasteiger partial charge in [-0.05, 0) is 35.9 Å². The third-order valence-corrected chi connectivity index (χ3v) is 2.99. The molecule has 3 rings (SSSR count). The molecule has 1 N–H and O–H groups in total. The van der Waals surface area contributed by atoms with Crippen LogP contribution >= 0.6 is 11.6 Å². The Morgan fingerprint density at radius 1 is 0.864 bits per heavy atom. The highest BCUT2D eigenvalue weighted by atomic mass is 35.5. The smallest absolute Gasteiger partial charge is 0.257 e. The van der Waals surface area contributed by atoms with Crippen LogP contribution in [0.1, 0.15) is 0 Å². The summed E-state index contributed by atoms with van der Waals surface area (Å²) in [5.74, 6) is 0.205. The molecular weight excluding hydrogens is 300 g/mol. The zero-order valence-corrected chi connectivity index (χ0v) is 12.2. The summed E-state index contributed by atoms with van der Waals surface area (Å²) in [7, 11) is 0. The fraction of sp³-hybridized carbons (Fsp3) is 0. The molecule has 0 spiro atoms. The van der Waals surface area contributed by atoms with Crippen molar-refractivity contribution in [3.63, 3.8) is 0 Å². The van der Waals surface area contributed by atoms with Crippen molar-refractivity contribution >= 4 is 28.9 Å². The number of para-hydroxylation sites is 2. The third-order valence-electron chi connectivity index (χ3n) is 2.81. The Kier molecular flexibility index (Phi) is 4.43. The van der Waals surface area contributed by atoms with E-state index in [2.05, 4.69) is 25.9 Å². The molecule has 7 heteroatoms. The van der Waals surface area contributed by atoms with Crippen LogP contribution in [0.25, 0.3) is 0 Å². The Hall–Kier alpha value is -2.70. The molecule has 1 radical (unpaired) electrons. The Morgan fingerprint density at radius 2 is 1.45 bits per heavy atom. The molecule has 0 bridgehead atoms. The maximum Gasteiger partial charge on any atom is 0.267 e. The number of hydrogen-bond donors (Lipinski definition) is 1.